The number of rotatable bonds is 7. The number of benzene rings is 1. The molecule has 2 N–H and O–H groups in total. The summed E-state index contributed by atoms with van der Waals surface area (Å²) in [7, 11) is 0. The molecule has 128 valence electrons. The highest BCUT2D eigenvalue weighted by atomic mass is 35.5. The average molecular weight is 341 g/mol. The summed E-state index contributed by atoms with van der Waals surface area (Å²) in [5, 5.41) is 6.19. The van der Waals surface area contributed by atoms with E-state index >= 15 is 0 Å². The molecule has 0 fully saturated rings. The van der Waals surface area contributed by atoms with Crippen LogP contribution in [0.25, 0.3) is 0 Å². The van der Waals surface area contributed by atoms with Gasteiger partial charge in [0, 0.05) is 11.1 Å². The lowest BCUT2D eigenvalue weighted by Crippen LogP contribution is -2.52. The van der Waals surface area contributed by atoms with Crippen molar-refractivity contribution in [3.63, 3.8) is 0 Å². The van der Waals surface area contributed by atoms with Crippen LogP contribution in [-0.2, 0) is 16.0 Å². The first kappa shape index (κ1) is 19.3. The molecule has 0 saturated carbocycles. The largest absolute Gasteiger partial charge is 0.450 e. The molecule has 0 heterocycles. The van der Waals surface area contributed by atoms with E-state index in [0.29, 0.717) is 11.4 Å². The highest BCUT2D eigenvalue weighted by Gasteiger charge is 2.25. The van der Waals surface area contributed by atoms with E-state index in [4.69, 9.17) is 16.3 Å². The minimum atomic E-state index is -0.636. The van der Waals surface area contributed by atoms with Gasteiger partial charge in [-0.2, -0.15) is 0 Å². The summed E-state index contributed by atoms with van der Waals surface area (Å²) in [6.07, 6.45) is 0.0374. The van der Waals surface area contributed by atoms with Crippen LogP contribution >= 0.6 is 11.6 Å². The number of hydrogen-bond donors (Lipinski definition) is 2. The molecule has 5 nitrogen and oxygen atoms in total. The quantitative estimate of drug-likeness (QED) is 0.801. The fourth-order valence-electron chi connectivity index (χ4n) is 2.21. The number of hydrogen-bond acceptors (Lipinski definition) is 3. The van der Waals surface area contributed by atoms with Crippen LogP contribution in [-0.4, -0.2) is 30.7 Å². The monoisotopic (exact) mass is 340 g/mol. The molecule has 23 heavy (non-hydrogen) atoms. The maximum Gasteiger partial charge on any atom is 0.407 e. The van der Waals surface area contributed by atoms with Gasteiger partial charge >= 0.3 is 6.09 Å². The summed E-state index contributed by atoms with van der Waals surface area (Å²) in [5.74, 6) is -0.278. The SMILES string of the molecule is CCOC(=O)N[C@@H](C(=O)N[C@@H](C)Cc1ccccc1Cl)C(C)C. The fraction of sp³-hybridized carbons (Fsp3) is 0.529. The van der Waals surface area contributed by atoms with Crippen molar-refractivity contribution >= 4 is 23.6 Å². The van der Waals surface area contributed by atoms with E-state index in [1.807, 2.05) is 45.0 Å². The molecule has 0 spiro atoms. The minimum Gasteiger partial charge on any atom is -0.450 e. The van der Waals surface area contributed by atoms with E-state index in [-0.39, 0.29) is 24.5 Å². The number of carbonyl (C=O) groups excluding carboxylic acids is 2. The van der Waals surface area contributed by atoms with Crippen molar-refractivity contribution in [3.8, 4) is 0 Å². The predicted molar refractivity (Wildman–Crippen MR) is 91.5 cm³/mol. The molecule has 6 heteroatoms. The number of nitrogens with one attached hydrogen (secondary N) is 2. The number of ether oxygens (including phenoxy) is 1. The van der Waals surface area contributed by atoms with Gasteiger partial charge in [-0.25, -0.2) is 4.79 Å². The molecule has 2 atom stereocenters. The zero-order valence-corrected chi connectivity index (χ0v) is 14.8. The molecular weight excluding hydrogens is 316 g/mol. The first-order chi connectivity index (χ1) is 10.8. The molecule has 0 aromatic heterocycles. The van der Waals surface area contributed by atoms with Crippen LogP contribution in [0.3, 0.4) is 0 Å². The molecule has 1 aromatic rings. The molecule has 0 radical (unpaired) electrons. The second kappa shape index (κ2) is 9.40. The van der Waals surface area contributed by atoms with Crippen molar-refractivity contribution < 1.29 is 14.3 Å². The molecule has 0 aliphatic heterocycles. The summed E-state index contributed by atoms with van der Waals surface area (Å²) in [5.41, 5.74) is 0.974. The summed E-state index contributed by atoms with van der Waals surface area (Å²) in [6.45, 7) is 7.63. The van der Waals surface area contributed by atoms with E-state index in [9.17, 15) is 9.59 Å². The van der Waals surface area contributed by atoms with Crippen molar-refractivity contribution in [2.75, 3.05) is 6.61 Å². The zero-order chi connectivity index (χ0) is 17.4. The molecule has 0 saturated heterocycles. The van der Waals surface area contributed by atoms with Crippen LogP contribution in [0.2, 0.25) is 5.02 Å². The molecule has 0 aliphatic carbocycles. The Balaban J connectivity index is 2.63. The van der Waals surface area contributed by atoms with E-state index in [0.717, 1.165) is 5.56 Å². The highest BCUT2D eigenvalue weighted by Crippen LogP contribution is 2.16. The van der Waals surface area contributed by atoms with Gasteiger partial charge in [0.15, 0.2) is 0 Å². The van der Waals surface area contributed by atoms with Gasteiger partial charge < -0.3 is 15.4 Å². The van der Waals surface area contributed by atoms with E-state index in [2.05, 4.69) is 10.6 Å². The van der Waals surface area contributed by atoms with Gasteiger partial charge in [0.2, 0.25) is 5.91 Å². The number of amides is 2. The molecule has 1 rings (SSSR count). The zero-order valence-electron chi connectivity index (χ0n) is 14.1. The standard InChI is InChI=1S/C17H25ClN2O3/c1-5-23-17(22)20-15(11(2)3)16(21)19-12(4)10-13-8-6-7-9-14(13)18/h6-9,11-12,15H,5,10H2,1-4H3,(H,19,21)(H,20,22)/t12-,15+/m0/s1. The van der Waals surface area contributed by atoms with E-state index in [1.165, 1.54) is 0 Å². The lowest BCUT2D eigenvalue weighted by molar-refractivity contribution is -0.124. The van der Waals surface area contributed by atoms with Gasteiger partial charge in [-0.3, -0.25) is 4.79 Å². The van der Waals surface area contributed by atoms with Crippen LogP contribution in [0.4, 0.5) is 4.79 Å². The minimum absolute atomic E-state index is 0.0491. The van der Waals surface area contributed by atoms with E-state index in [1.54, 1.807) is 6.92 Å². The highest BCUT2D eigenvalue weighted by molar-refractivity contribution is 6.31. The Kier molecular flexibility index (Phi) is 7.89. The second-order valence-electron chi connectivity index (χ2n) is 5.79. The van der Waals surface area contributed by atoms with Crippen molar-refractivity contribution in [1.29, 1.82) is 0 Å². The van der Waals surface area contributed by atoms with Crippen molar-refractivity contribution in [3.05, 3.63) is 34.9 Å². The van der Waals surface area contributed by atoms with Gasteiger partial charge in [-0.1, -0.05) is 43.6 Å². The van der Waals surface area contributed by atoms with Gasteiger partial charge in [0.1, 0.15) is 6.04 Å². The predicted octanol–water partition coefficient (Wildman–Crippen LogP) is 3.16. The third-order valence-corrected chi connectivity index (χ3v) is 3.74. The van der Waals surface area contributed by atoms with E-state index < -0.39 is 12.1 Å². The van der Waals surface area contributed by atoms with Crippen LogP contribution < -0.4 is 10.6 Å². The maximum atomic E-state index is 12.4. The Morgan fingerprint density at radius 2 is 1.83 bits per heavy atom. The Morgan fingerprint density at radius 3 is 2.39 bits per heavy atom. The van der Waals surface area contributed by atoms with Crippen LogP contribution in [0.5, 0.6) is 0 Å². The normalized spacial score (nSPS) is 13.3. The topological polar surface area (TPSA) is 67.4 Å². The van der Waals surface area contributed by atoms with Crippen LogP contribution in [0.15, 0.2) is 24.3 Å². The Morgan fingerprint density at radius 1 is 1.17 bits per heavy atom. The third-order valence-electron chi connectivity index (χ3n) is 3.37. The first-order valence-corrected chi connectivity index (χ1v) is 8.20. The fourth-order valence-corrected chi connectivity index (χ4v) is 2.43. The van der Waals surface area contributed by atoms with Gasteiger partial charge in [0.05, 0.1) is 6.61 Å². The Hall–Kier alpha value is -1.75. The lowest BCUT2D eigenvalue weighted by Gasteiger charge is -2.24. The van der Waals surface area contributed by atoms with Gasteiger partial charge in [-0.05, 0) is 37.8 Å². The van der Waals surface area contributed by atoms with Gasteiger partial charge in [-0.15, -0.1) is 0 Å². The number of carbonyl (C=O) groups is 2. The summed E-state index contributed by atoms with van der Waals surface area (Å²) < 4.78 is 4.84. The molecule has 0 unspecified atom stereocenters. The smallest absolute Gasteiger partial charge is 0.407 e. The Labute approximate surface area is 142 Å². The average Bonchev–Trinajstić information content (AvgIpc) is 2.47. The third kappa shape index (κ3) is 6.48. The molecule has 1 aromatic carbocycles. The maximum absolute atomic E-state index is 12.4. The van der Waals surface area contributed by atoms with Crippen LogP contribution in [0.1, 0.15) is 33.3 Å². The number of alkyl carbamates (subject to hydrolysis) is 1. The lowest BCUT2D eigenvalue weighted by atomic mass is 10.0. The van der Waals surface area contributed by atoms with Crippen molar-refractivity contribution in [2.24, 2.45) is 5.92 Å². The van der Waals surface area contributed by atoms with Crippen LogP contribution in [0, 0.1) is 5.92 Å². The summed E-state index contributed by atoms with van der Waals surface area (Å²) >= 11 is 6.14. The Bertz CT molecular complexity index is 534. The van der Waals surface area contributed by atoms with Crippen molar-refractivity contribution in [1.82, 2.24) is 10.6 Å². The first-order valence-electron chi connectivity index (χ1n) is 7.82. The molecule has 2 amide bonds. The second-order valence-corrected chi connectivity index (χ2v) is 6.20. The van der Waals surface area contributed by atoms with Crippen molar-refractivity contribution in [2.45, 2.75) is 46.2 Å². The summed E-state index contributed by atoms with van der Waals surface area (Å²) in [4.78, 5) is 23.9. The molecule has 0 aliphatic rings. The summed E-state index contributed by atoms with van der Waals surface area (Å²) in [6, 6.07) is 6.80. The van der Waals surface area contributed by atoms with Gasteiger partial charge in [0.25, 0.3) is 0 Å². The molecular formula is C17H25ClN2O3. The molecule has 0 bridgehead atoms. The number of halogens is 1.